The molecule has 5 nitrogen and oxygen atoms in total. The van der Waals surface area contributed by atoms with Crippen molar-refractivity contribution in [3.63, 3.8) is 0 Å². The lowest BCUT2D eigenvalue weighted by atomic mass is 10.6. The summed E-state index contributed by atoms with van der Waals surface area (Å²) in [7, 11) is 0. The van der Waals surface area contributed by atoms with E-state index in [0.29, 0.717) is 13.2 Å². The molecule has 0 rings (SSSR count). The molecular weight excluding hydrogens is 122 g/mol. The van der Waals surface area contributed by atoms with E-state index in [0.717, 1.165) is 13.1 Å². The maximum absolute atomic E-state index is 4.75. The summed E-state index contributed by atoms with van der Waals surface area (Å²) in [4.78, 5) is 8.57. The van der Waals surface area contributed by atoms with Crippen LogP contribution in [0.2, 0.25) is 0 Å². The molecule has 0 aromatic rings. The first-order valence-corrected chi connectivity index (χ1v) is 2.76. The Balaban J connectivity index is 2.60. The van der Waals surface area contributed by atoms with Crippen LogP contribution in [0.1, 0.15) is 0 Å². The van der Waals surface area contributed by atoms with E-state index >= 15 is 0 Å². The van der Waals surface area contributed by atoms with Gasteiger partial charge in [-0.1, -0.05) is 0 Å². The highest BCUT2D eigenvalue weighted by Crippen LogP contribution is 1.62. The number of hydrogen-bond donors (Lipinski definition) is 3. The van der Waals surface area contributed by atoms with Crippen molar-refractivity contribution < 1.29 is 9.68 Å². The van der Waals surface area contributed by atoms with E-state index in [1.54, 1.807) is 0 Å². The monoisotopic (exact) mass is 135 g/mol. The van der Waals surface area contributed by atoms with Crippen LogP contribution in [-0.2, 0) is 9.68 Å². The zero-order valence-corrected chi connectivity index (χ0v) is 5.30. The Kier molecular flexibility index (Phi) is 7.63. The molecule has 0 aliphatic rings. The van der Waals surface area contributed by atoms with Crippen molar-refractivity contribution >= 4 is 0 Å². The molecule has 5 heteroatoms. The average molecular weight is 135 g/mol. The summed E-state index contributed by atoms with van der Waals surface area (Å²) >= 11 is 0. The SMILES string of the molecule is NOCCNCCON. The van der Waals surface area contributed by atoms with Gasteiger partial charge in [-0.15, -0.1) is 0 Å². The first-order chi connectivity index (χ1) is 4.41. The standard InChI is InChI=1S/C4H13N3O2/c5-8-3-1-7-2-4-9-6/h7H,1-6H2. The minimum atomic E-state index is 0.505. The smallest absolute Gasteiger partial charge is 0.0803 e. The molecule has 0 aliphatic carbocycles. The molecule has 0 fully saturated rings. The maximum atomic E-state index is 4.75. The van der Waals surface area contributed by atoms with Crippen LogP contribution in [0.5, 0.6) is 0 Å². The third-order valence-corrected chi connectivity index (χ3v) is 0.793. The van der Waals surface area contributed by atoms with Crippen LogP contribution in [0.25, 0.3) is 0 Å². The van der Waals surface area contributed by atoms with E-state index in [4.69, 9.17) is 11.8 Å². The quantitative estimate of drug-likeness (QED) is 0.300. The van der Waals surface area contributed by atoms with Crippen LogP contribution >= 0.6 is 0 Å². The zero-order valence-electron chi connectivity index (χ0n) is 5.30. The first kappa shape index (κ1) is 8.80. The molecule has 0 aromatic carbocycles. The second-order valence-corrected chi connectivity index (χ2v) is 1.49. The number of rotatable bonds is 6. The lowest BCUT2D eigenvalue weighted by Crippen LogP contribution is -2.25. The van der Waals surface area contributed by atoms with Crippen molar-refractivity contribution in [1.82, 2.24) is 5.32 Å². The Hall–Kier alpha value is -0.200. The lowest BCUT2D eigenvalue weighted by Gasteiger charge is -2.00. The fourth-order valence-corrected chi connectivity index (χ4v) is 0.387. The van der Waals surface area contributed by atoms with Gasteiger partial charge in [0.05, 0.1) is 13.2 Å². The summed E-state index contributed by atoms with van der Waals surface area (Å²) in [6.45, 7) is 2.45. The second kappa shape index (κ2) is 7.80. The van der Waals surface area contributed by atoms with Crippen LogP contribution < -0.4 is 17.1 Å². The van der Waals surface area contributed by atoms with E-state index in [1.165, 1.54) is 0 Å². The summed E-state index contributed by atoms with van der Waals surface area (Å²) in [5.41, 5.74) is 0. The van der Waals surface area contributed by atoms with Gasteiger partial charge in [0.2, 0.25) is 0 Å². The molecule has 0 bridgehead atoms. The van der Waals surface area contributed by atoms with Crippen molar-refractivity contribution in [2.75, 3.05) is 26.3 Å². The predicted octanol–water partition coefficient (Wildman–Crippen LogP) is -1.64. The van der Waals surface area contributed by atoms with E-state index in [9.17, 15) is 0 Å². The van der Waals surface area contributed by atoms with Gasteiger partial charge in [0, 0.05) is 13.1 Å². The molecule has 0 atom stereocenters. The molecule has 0 amide bonds. The van der Waals surface area contributed by atoms with Gasteiger partial charge >= 0.3 is 0 Å². The molecule has 0 aliphatic heterocycles. The Labute approximate surface area is 54.2 Å². The predicted molar refractivity (Wildman–Crippen MR) is 33.1 cm³/mol. The lowest BCUT2D eigenvalue weighted by molar-refractivity contribution is 0.124. The molecule has 0 spiro atoms. The minimum absolute atomic E-state index is 0.505. The molecule has 0 radical (unpaired) electrons. The van der Waals surface area contributed by atoms with Gasteiger partial charge in [0.1, 0.15) is 0 Å². The van der Waals surface area contributed by atoms with E-state index < -0.39 is 0 Å². The molecule has 0 unspecified atom stereocenters. The molecule has 0 heterocycles. The van der Waals surface area contributed by atoms with Gasteiger partial charge in [-0.2, -0.15) is 0 Å². The van der Waals surface area contributed by atoms with E-state index in [1.807, 2.05) is 0 Å². The molecule has 9 heavy (non-hydrogen) atoms. The summed E-state index contributed by atoms with van der Waals surface area (Å²) in [6, 6.07) is 0. The first-order valence-electron chi connectivity index (χ1n) is 2.76. The van der Waals surface area contributed by atoms with Crippen LogP contribution in [0.3, 0.4) is 0 Å². The number of nitrogens with two attached hydrogens (primary N) is 2. The van der Waals surface area contributed by atoms with E-state index in [-0.39, 0.29) is 0 Å². The van der Waals surface area contributed by atoms with Gasteiger partial charge in [-0.05, 0) is 0 Å². The van der Waals surface area contributed by atoms with Crippen LogP contribution in [0.15, 0.2) is 0 Å². The van der Waals surface area contributed by atoms with Gasteiger partial charge in [-0.25, -0.2) is 11.8 Å². The minimum Gasteiger partial charge on any atom is -0.312 e. The topological polar surface area (TPSA) is 82.5 Å². The molecular formula is C4H13N3O2. The van der Waals surface area contributed by atoms with Crippen LogP contribution in [0.4, 0.5) is 0 Å². The van der Waals surface area contributed by atoms with Crippen LogP contribution in [-0.4, -0.2) is 26.3 Å². The second-order valence-electron chi connectivity index (χ2n) is 1.49. The Bertz CT molecular complexity index is 47.1. The summed E-state index contributed by atoms with van der Waals surface area (Å²) in [5, 5.41) is 2.98. The van der Waals surface area contributed by atoms with Gasteiger partial charge in [-0.3, -0.25) is 0 Å². The highest BCUT2D eigenvalue weighted by atomic mass is 16.6. The molecule has 0 aromatic heterocycles. The Morgan fingerprint density at radius 1 is 1.00 bits per heavy atom. The van der Waals surface area contributed by atoms with E-state index in [2.05, 4.69) is 15.0 Å². The number of hydrogen-bond acceptors (Lipinski definition) is 5. The molecule has 5 N–H and O–H groups in total. The normalized spacial score (nSPS) is 10.0. The van der Waals surface area contributed by atoms with Crippen molar-refractivity contribution in [3.8, 4) is 0 Å². The average Bonchev–Trinajstić information content (AvgIpc) is 1.89. The summed E-state index contributed by atoms with van der Waals surface area (Å²) in [6.07, 6.45) is 0. The third kappa shape index (κ3) is 7.80. The maximum Gasteiger partial charge on any atom is 0.0803 e. The van der Waals surface area contributed by atoms with Crippen molar-refractivity contribution in [1.29, 1.82) is 0 Å². The molecule has 56 valence electrons. The third-order valence-electron chi connectivity index (χ3n) is 0.793. The fraction of sp³-hybridized carbons (Fsp3) is 1.00. The van der Waals surface area contributed by atoms with Gasteiger partial charge < -0.3 is 15.0 Å². The number of nitrogens with one attached hydrogen (secondary N) is 1. The van der Waals surface area contributed by atoms with Gasteiger partial charge in [0.15, 0.2) is 0 Å². The van der Waals surface area contributed by atoms with Crippen molar-refractivity contribution in [3.05, 3.63) is 0 Å². The Morgan fingerprint density at radius 2 is 1.44 bits per heavy atom. The zero-order chi connectivity index (χ0) is 6.95. The molecule has 0 saturated heterocycles. The van der Waals surface area contributed by atoms with Crippen LogP contribution in [0, 0.1) is 0 Å². The largest absolute Gasteiger partial charge is 0.312 e. The van der Waals surface area contributed by atoms with Gasteiger partial charge in [0.25, 0.3) is 0 Å². The summed E-state index contributed by atoms with van der Waals surface area (Å²) < 4.78 is 0. The Morgan fingerprint density at radius 3 is 1.78 bits per heavy atom. The molecule has 0 saturated carbocycles. The fourth-order valence-electron chi connectivity index (χ4n) is 0.387. The van der Waals surface area contributed by atoms with Crippen molar-refractivity contribution in [2.24, 2.45) is 11.8 Å². The highest BCUT2D eigenvalue weighted by Gasteiger charge is 1.84. The highest BCUT2D eigenvalue weighted by molar-refractivity contribution is 4.41. The summed E-state index contributed by atoms with van der Waals surface area (Å²) in [5.74, 6) is 9.49. The van der Waals surface area contributed by atoms with Crippen molar-refractivity contribution in [2.45, 2.75) is 0 Å².